The highest BCUT2D eigenvalue weighted by atomic mass is 32.1. The quantitative estimate of drug-likeness (QED) is 0.750. The van der Waals surface area contributed by atoms with Gasteiger partial charge in [-0.2, -0.15) is 0 Å². The number of hydrogen-bond acceptors (Lipinski definition) is 5. The van der Waals surface area contributed by atoms with Crippen molar-refractivity contribution < 1.29 is 14.4 Å². The van der Waals surface area contributed by atoms with Crippen LogP contribution in [-0.2, 0) is 33.8 Å². The average Bonchev–Trinajstić information content (AvgIpc) is 2.98. The Morgan fingerprint density at radius 1 is 1.17 bits per heavy atom. The fourth-order valence-corrected chi connectivity index (χ4v) is 2.81. The highest BCUT2D eigenvalue weighted by Crippen LogP contribution is 2.17. The van der Waals surface area contributed by atoms with Crippen LogP contribution in [0.3, 0.4) is 0 Å². The van der Waals surface area contributed by atoms with Crippen molar-refractivity contribution in [2.24, 2.45) is 0 Å². The molecule has 2 aromatic rings. The minimum Gasteiger partial charge on any atom is -0.302 e. The lowest BCUT2D eigenvalue weighted by molar-refractivity contribution is -0.130. The molecule has 7 heteroatoms. The summed E-state index contributed by atoms with van der Waals surface area (Å²) in [6.45, 7) is 1.73. The van der Waals surface area contributed by atoms with Crippen molar-refractivity contribution in [3.05, 3.63) is 46.5 Å². The number of thiazole rings is 1. The Morgan fingerprint density at radius 3 is 2.43 bits per heavy atom. The van der Waals surface area contributed by atoms with Crippen LogP contribution in [0.25, 0.3) is 0 Å². The molecule has 0 spiro atoms. The largest absolute Gasteiger partial charge is 0.302 e. The van der Waals surface area contributed by atoms with Gasteiger partial charge in [-0.1, -0.05) is 24.3 Å². The van der Waals surface area contributed by atoms with Crippen molar-refractivity contribution in [1.82, 2.24) is 9.88 Å². The maximum Gasteiger partial charge on any atom is 0.223 e. The fraction of sp³-hybridized carbons (Fsp3) is 0.250. The van der Waals surface area contributed by atoms with Crippen molar-refractivity contribution in [2.45, 2.75) is 26.3 Å². The number of hydrogen-bond donors (Lipinski definition) is 1. The Kier molecular flexibility index (Phi) is 5.99. The molecule has 23 heavy (non-hydrogen) atoms. The summed E-state index contributed by atoms with van der Waals surface area (Å²) < 4.78 is 0. The summed E-state index contributed by atoms with van der Waals surface area (Å²) in [6.07, 6.45) is 2.63. The first-order valence-corrected chi connectivity index (χ1v) is 7.95. The van der Waals surface area contributed by atoms with Gasteiger partial charge in [0.2, 0.25) is 18.7 Å². The van der Waals surface area contributed by atoms with Gasteiger partial charge in [0, 0.05) is 12.3 Å². The van der Waals surface area contributed by atoms with Gasteiger partial charge in [-0.15, -0.1) is 11.3 Å². The molecule has 0 atom stereocenters. The number of anilines is 1. The molecule has 0 aliphatic rings. The summed E-state index contributed by atoms with van der Waals surface area (Å²) in [7, 11) is 0. The van der Waals surface area contributed by atoms with Crippen molar-refractivity contribution >= 4 is 35.2 Å². The number of nitrogens with zero attached hydrogens (tertiary/aromatic N) is 2. The summed E-state index contributed by atoms with van der Waals surface area (Å²) in [6, 6.07) is 7.76. The van der Waals surface area contributed by atoms with Crippen LogP contribution in [0.2, 0.25) is 0 Å². The van der Waals surface area contributed by atoms with E-state index in [9.17, 15) is 14.4 Å². The molecule has 0 saturated heterocycles. The molecule has 120 valence electrons. The first-order chi connectivity index (χ1) is 11.1. The summed E-state index contributed by atoms with van der Waals surface area (Å²) in [5, 5.41) is 5.22. The van der Waals surface area contributed by atoms with E-state index in [1.807, 2.05) is 29.6 Å². The number of aryl methyl sites for hydroxylation is 2. The Labute approximate surface area is 138 Å². The normalized spacial score (nSPS) is 10.1. The van der Waals surface area contributed by atoms with Gasteiger partial charge in [0.1, 0.15) is 0 Å². The number of imide groups is 1. The molecular weight excluding hydrogens is 314 g/mol. The van der Waals surface area contributed by atoms with E-state index in [1.165, 1.54) is 18.3 Å². The van der Waals surface area contributed by atoms with Gasteiger partial charge in [0.25, 0.3) is 0 Å². The van der Waals surface area contributed by atoms with E-state index in [-0.39, 0.29) is 12.5 Å². The number of rotatable bonds is 8. The molecule has 0 radical (unpaired) electrons. The highest BCUT2D eigenvalue weighted by molar-refractivity contribution is 7.13. The lowest BCUT2D eigenvalue weighted by Gasteiger charge is -2.09. The number of aromatic nitrogens is 1. The number of nitrogens with one attached hydrogen (secondary N) is 1. The smallest absolute Gasteiger partial charge is 0.223 e. The topological polar surface area (TPSA) is 79.4 Å². The Bertz CT molecular complexity index is 674. The van der Waals surface area contributed by atoms with Crippen LogP contribution >= 0.6 is 11.3 Å². The van der Waals surface area contributed by atoms with Crippen molar-refractivity contribution in [1.29, 1.82) is 0 Å². The third kappa shape index (κ3) is 5.30. The molecule has 0 aliphatic heterocycles. The third-order valence-electron chi connectivity index (χ3n) is 3.16. The van der Waals surface area contributed by atoms with Gasteiger partial charge in [0.15, 0.2) is 5.13 Å². The lowest BCUT2D eigenvalue weighted by atomic mass is 10.1. The van der Waals surface area contributed by atoms with Gasteiger partial charge in [-0.3, -0.25) is 19.3 Å². The van der Waals surface area contributed by atoms with Crippen LogP contribution in [-0.4, -0.2) is 28.6 Å². The summed E-state index contributed by atoms with van der Waals surface area (Å²) in [5.41, 5.74) is 2.98. The SMILES string of the molecule is CC(=O)Nc1nc(CCc2ccc(CN(C=O)C=O)cc2)cs1. The standard InChI is InChI=1S/C16H17N3O3S/c1-12(22)17-16-18-15(9-23-16)7-6-13-2-4-14(5-3-13)8-19(10-20)11-21/h2-5,9-11H,6-8H2,1H3,(H,17,18,22). The first kappa shape index (κ1) is 16.8. The Hall–Kier alpha value is -2.54. The molecule has 0 unspecified atom stereocenters. The molecule has 1 N–H and O–H groups in total. The molecule has 2 rings (SSSR count). The van der Waals surface area contributed by atoms with Gasteiger partial charge in [0.05, 0.1) is 12.2 Å². The zero-order valence-electron chi connectivity index (χ0n) is 12.7. The van der Waals surface area contributed by atoms with Crippen molar-refractivity contribution in [3.63, 3.8) is 0 Å². The number of carbonyl (C=O) groups excluding carboxylic acids is 3. The molecule has 1 aromatic heterocycles. The van der Waals surface area contributed by atoms with Gasteiger partial charge in [-0.05, 0) is 24.0 Å². The average molecular weight is 331 g/mol. The second kappa shape index (κ2) is 8.19. The molecule has 0 bridgehead atoms. The monoisotopic (exact) mass is 331 g/mol. The first-order valence-electron chi connectivity index (χ1n) is 7.07. The van der Waals surface area contributed by atoms with E-state index in [4.69, 9.17) is 0 Å². The van der Waals surface area contributed by atoms with E-state index in [0.717, 1.165) is 34.6 Å². The summed E-state index contributed by atoms with van der Waals surface area (Å²) in [5.74, 6) is -0.124. The third-order valence-corrected chi connectivity index (χ3v) is 3.97. The number of amides is 3. The lowest BCUT2D eigenvalue weighted by Crippen LogP contribution is -2.18. The van der Waals surface area contributed by atoms with Crippen molar-refractivity contribution in [3.8, 4) is 0 Å². The van der Waals surface area contributed by atoms with Crippen LogP contribution in [0.1, 0.15) is 23.7 Å². The predicted octanol–water partition coefficient (Wildman–Crippen LogP) is 2.00. The Balaban J connectivity index is 1.88. The maximum absolute atomic E-state index is 11.0. The van der Waals surface area contributed by atoms with E-state index >= 15 is 0 Å². The van der Waals surface area contributed by atoms with E-state index in [0.29, 0.717) is 18.0 Å². The van der Waals surface area contributed by atoms with Crippen LogP contribution in [0.5, 0.6) is 0 Å². The second-order valence-electron chi connectivity index (χ2n) is 5.02. The van der Waals surface area contributed by atoms with Crippen LogP contribution in [0, 0.1) is 0 Å². The van der Waals surface area contributed by atoms with Crippen LogP contribution in [0.4, 0.5) is 5.13 Å². The molecule has 3 amide bonds. The summed E-state index contributed by atoms with van der Waals surface area (Å²) >= 11 is 1.41. The molecule has 0 saturated carbocycles. The van der Waals surface area contributed by atoms with Crippen LogP contribution < -0.4 is 5.32 Å². The minimum atomic E-state index is -0.124. The molecule has 0 fully saturated rings. The van der Waals surface area contributed by atoms with Gasteiger partial charge >= 0.3 is 0 Å². The molecule has 0 aliphatic carbocycles. The zero-order valence-corrected chi connectivity index (χ0v) is 13.5. The molecule has 1 heterocycles. The van der Waals surface area contributed by atoms with Gasteiger partial charge < -0.3 is 5.32 Å². The van der Waals surface area contributed by atoms with E-state index < -0.39 is 0 Å². The fourth-order valence-electron chi connectivity index (χ4n) is 2.02. The van der Waals surface area contributed by atoms with Crippen molar-refractivity contribution in [2.75, 3.05) is 5.32 Å². The zero-order chi connectivity index (χ0) is 16.7. The highest BCUT2D eigenvalue weighted by Gasteiger charge is 2.05. The van der Waals surface area contributed by atoms with Crippen LogP contribution in [0.15, 0.2) is 29.6 Å². The molecular formula is C16H17N3O3S. The predicted molar refractivity (Wildman–Crippen MR) is 87.9 cm³/mol. The van der Waals surface area contributed by atoms with Gasteiger partial charge in [-0.25, -0.2) is 4.98 Å². The number of benzene rings is 1. The number of carbonyl (C=O) groups is 3. The minimum absolute atomic E-state index is 0.124. The van der Waals surface area contributed by atoms with E-state index in [2.05, 4.69) is 10.3 Å². The summed E-state index contributed by atoms with van der Waals surface area (Å²) in [4.78, 5) is 37.6. The Morgan fingerprint density at radius 2 is 1.83 bits per heavy atom. The maximum atomic E-state index is 11.0. The van der Waals surface area contributed by atoms with E-state index in [1.54, 1.807) is 0 Å². The second-order valence-corrected chi connectivity index (χ2v) is 5.88. The molecule has 1 aromatic carbocycles. The molecule has 6 nitrogen and oxygen atoms in total.